The van der Waals surface area contributed by atoms with Crippen LogP contribution in [0.5, 0.6) is 0 Å². The molecule has 15 heteroatoms. The van der Waals surface area contributed by atoms with E-state index in [0.717, 1.165) is 28.4 Å². The zero-order valence-electron chi connectivity index (χ0n) is 34.1. The van der Waals surface area contributed by atoms with Gasteiger partial charge in [-0.15, -0.1) is 0 Å². The van der Waals surface area contributed by atoms with E-state index in [4.69, 9.17) is 9.72 Å². The number of hydrogen-bond acceptors (Lipinski definition) is 8. The van der Waals surface area contributed by atoms with Crippen molar-refractivity contribution in [2.24, 2.45) is 5.92 Å². The van der Waals surface area contributed by atoms with E-state index in [9.17, 15) is 23.2 Å². The van der Waals surface area contributed by atoms with Gasteiger partial charge in [0.1, 0.15) is 28.4 Å². The summed E-state index contributed by atoms with van der Waals surface area (Å²) < 4.78 is 39.9. The summed E-state index contributed by atoms with van der Waals surface area (Å²) in [6, 6.07) is 16.8. The molecular formula is C45H49F2N9O4. The molecule has 1 N–H and O–H groups in total. The molecule has 1 saturated carbocycles. The van der Waals surface area contributed by atoms with E-state index in [-0.39, 0.29) is 42.2 Å². The maximum Gasteiger partial charge on any atom is 0.410 e. The van der Waals surface area contributed by atoms with Gasteiger partial charge in [-0.05, 0) is 102 Å². The number of nitrogens with zero attached hydrogens (tertiary/aromatic N) is 8. The Labute approximate surface area is 346 Å². The van der Waals surface area contributed by atoms with Crippen LogP contribution in [0, 0.1) is 17.6 Å². The number of imidazole rings is 1. The first-order valence-corrected chi connectivity index (χ1v) is 20.9. The molecule has 2 aliphatic heterocycles. The standard InChI is InChI=1S/C45H49F2N9O4/c1-45(2,3)60-44(59)52-21-17-33(18-22-52)56-40-37(25-49-42(51-40)50-31-8-5-4-6-9-31)55(43(56)58)32-15-12-28(13-16-32)41(57)53-23-19-34-35-10-7-20-48-39(35)54(38(34)27-53)26-29-11-14-30(46)24-36(29)47/h4-11,14,20,24-25,28,32-33H,12-13,15-19,21-23,26-27H2,1-3H3,(H,49,50,51)/t28-,32-. The molecule has 1 saturated heterocycles. The number of rotatable bonds is 7. The average molecular weight is 818 g/mol. The van der Waals surface area contributed by atoms with E-state index in [2.05, 4.69) is 15.3 Å². The number of amides is 2. The first-order chi connectivity index (χ1) is 28.9. The largest absolute Gasteiger partial charge is 0.444 e. The highest BCUT2D eigenvalue weighted by Crippen LogP contribution is 2.38. The zero-order valence-corrected chi connectivity index (χ0v) is 34.1. The Balaban J connectivity index is 0.944. The SMILES string of the molecule is CC(C)(C)OC(=O)N1CCC(n2c(=O)n([C@H]3CC[C@H](C(=O)N4CCc5c(n(Cc6ccc(F)cc6F)c6ncccc56)C4)CC3)c3cnc(Nc4ccccc4)nc32)CC1. The molecule has 1 aliphatic carbocycles. The fourth-order valence-corrected chi connectivity index (χ4v) is 9.33. The van der Waals surface area contributed by atoms with E-state index in [1.54, 1.807) is 21.9 Å². The maximum atomic E-state index is 14.9. The van der Waals surface area contributed by atoms with Crippen LogP contribution in [0.4, 0.5) is 25.2 Å². The van der Waals surface area contributed by atoms with Crippen molar-refractivity contribution in [2.45, 2.75) is 96.5 Å². The van der Waals surface area contributed by atoms with E-state index in [0.29, 0.717) is 99.4 Å². The van der Waals surface area contributed by atoms with E-state index in [1.807, 2.05) is 77.3 Å². The molecule has 9 rings (SSSR count). The van der Waals surface area contributed by atoms with Crippen molar-refractivity contribution in [1.82, 2.24) is 38.5 Å². The quantitative estimate of drug-likeness (QED) is 0.172. The van der Waals surface area contributed by atoms with Crippen LogP contribution in [0.1, 0.15) is 88.2 Å². The Morgan fingerprint density at radius 1 is 0.850 bits per heavy atom. The summed E-state index contributed by atoms with van der Waals surface area (Å²) >= 11 is 0. The lowest BCUT2D eigenvalue weighted by Gasteiger charge is -2.35. The van der Waals surface area contributed by atoms with Crippen molar-refractivity contribution in [2.75, 3.05) is 25.0 Å². The van der Waals surface area contributed by atoms with Crippen LogP contribution in [0.15, 0.2) is 77.9 Å². The second-order valence-corrected chi connectivity index (χ2v) is 17.3. The number of carbonyl (C=O) groups is 2. The van der Waals surface area contributed by atoms with Gasteiger partial charge >= 0.3 is 11.8 Å². The molecule has 0 spiro atoms. The van der Waals surface area contributed by atoms with Crippen LogP contribution in [-0.4, -0.2) is 75.7 Å². The molecule has 2 fully saturated rings. The lowest BCUT2D eigenvalue weighted by atomic mass is 9.84. The number of carbonyl (C=O) groups excluding carboxylic acids is 2. The molecule has 0 atom stereocenters. The lowest BCUT2D eigenvalue weighted by Crippen LogP contribution is -2.43. The zero-order chi connectivity index (χ0) is 41.7. The van der Waals surface area contributed by atoms with Gasteiger partial charge in [0.05, 0.1) is 19.3 Å². The minimum atomic E-state index is -0.632. The number of nitrogens with one attached hydrogen (secondary N) is 1. The highest BCUT2D eigenvalue weighted by Gasteiger charge is 2.36. The number of aromatic nitrogens is 6. The molecule has 4 aromatic heterocycles. The molecule has 3 aliphatic rings. The molecule has 2 amide bonds. The monoisotopic (exact) mass is 817 g/mol. The predicted molar refractivity (Wildman–Crippen MR) is 223 cm³/mol. The maximum absolute atomic E-state index is 14.9. The van der Waals surface area contributed by atoms with Crippen LogP contribution in [0.3, 0.4) is 0 Å². The molecule has 0 bridgehead atoms. The molecule has 0 radical (unpaired) electrons. The molecular weight excluding hydrogens is 769 g/mol. The highest BCUT2D eigenvalue weighted by atomic mass is 19.1. The van der Waals surface area contributed by atoms with Crippen LogP contribution in [0.2, 0.25) is 0 Å². The minimum absolute atomic E-state index is 0.0725. The lowest BCUT2D eigenvalue weighted by molar-refractivity contribution is -0.137. The topological polar surface area (TPSA) is 132 Å². The van der Waals surface area contributed by atoms with Gasteiger partial charge in [-0.25, -0.2) is 28.3 Å². The summed E-state index contributed by atoms with van der Waals surface area (Å²) in [4.78, 5) is 59.6. The number of anilines is 2. The molecule has 6 heterocycles. The number of hydrogen-bond donors (Lipinski definition) is 1. The summed E-state index contributed by atoms with van der Waals surface area (Å²) in [5.74, 6) is -1.02. The fourth-order valence-electron chi connectivity index (χ4n) is 9.33. The number of benzene rings is 2. The van der Waals surface area contributed by atoms with E-state index in [1.165, 1.54) is 12.1 Å². The van der Waals surface area contributed by atoms with Crippen LogP contribution < -0.4 is 11.0 Å². The van der Waals surface area contributed by atoms with Crippen LogP contribution in [-0.2, 0) is 29.0 Å². The van der Waals surface area contributed by atoms with Gasteiger partial charge in [-0.3, -0.25) is 13.9 Å². The molecule has 6 aromatic rings. The summed E-state index contributed by atoms with van der Waals surface area (Å²) in [5, 5.41) is 4.25. The van der Waals surface area contributed by atoms with Crippen molar-refractivity contribution in [1.29, 1.82) is 0 Å². The van der Waals surface area contributed by atoms with E-state index < -0.39 is 17.2 Å². The normalized spacial score (nSPS) is 18.8. The predicted octanol–water partition coefficient (Wildman–Crippen LogP) is 7.90. The number of ether oxygens (including phenoxy) is 1. The first-order valence-electron chi connectivity index (χ1n) is 20.9. The summed E-state index contributed by atoms with van der Waals surface area (Å²) in [6.45, 7) is 7.53. The number of fused-ring (bicyclic) bond motifs is 4. The van der Waals surface area contributed by atoms with Crippen molar-refractivity contribution < 1.29 is 23.1 Å². The fraction of sp³-hybridized carbons (Fsp3) is 0.422. The Morgan fingerprint density at radius 3 is 2.33 bits per heavy atom. The van der Waals surface area contributed by atoms with E-state index >= 15 is 0 Å². The average Bonchev–Trinajstić information content (AvgIpc) is 3.71. The van der Waals surface area contributed by atoms with Crippen molar-refractivity contribution in [3.05, 3.63) is 112 Å². The number of para-hydroxylation sites is 1. The van der Waals surface area contributed by atoms with Gasteiger partial charge in [0.25, 0.3) is 0 Å². The number of halogens is 2. The van der Waals surface area contributed by atoms with Crippen molar-refractivity contribution in [3.63, 3.8) is 0 Å². The van der Waals surface area contributed by atoms with Crippen LogP contribution in [0.25, 0.3) is 22.2 Å². The summed E-state index contributed by atoms with van der Waals surface area (Å²) in [6.07, 6.45) is 7.32. The Hall–Kier alpha value is -6.12. The Kier molecular flexibility index (Phi) is 10.4. The number of piperidine rings is 1. The van der Waals surface area contributed by atoms with Gasteiger partial charge in [-0.1, -0.05) is 24.3 Å². The smallest absolute Gasteiger partial charge is 0.410 e. The number of pyridine rings is 1. The van der Waals surface area contributed by atoms with Gasteiger partial charge < -0.3 is 24.4 Å². The second-order valence-electron chi connectivity index (χ2n) is 17.3. The number of likely N-dealkylation sites (tertiary alicyclic amines) is 1. The highest BCUT2D eigenvalue weighted by molar-refractivity contribution is 5.84. The second kappa shape index (κ2) is 15.8. The Morgan fingerprint density at radius 2 is 1.60 bits per heavy atom. The third kappa shape index (κ3) is 7.61. The van der Waals surface area contributed by atoms with Crippen LogP contribution >= 0.6 is 0 Å². The van der Waals surface area contributed by atoms with Gasteiger partial charge in [0.15, 0.2) is 5.65 Å². The van der Waals surface area contributed by atoms with Gasteiger partial charge in [-0.2, -0.15) is 4.98 Å². The molecule has 0 unspecified atom stereocenters. The molecule has 2 aromatic carbocycles. The third-order valence-corrected chi connectivity index (χ3v) is 12.2. The molecule has 13 nitrogen and oxygen atoms in total. The summed E-state index contributed by atoms with van der Waals surface area (Å²) in [5.41, 5.74) is 4.31. The van der Waals surface area contributed by atoms with Crippen molar-refractivity contribution in [3.8, 4) is 0 Å². The summed E-state index contributed by atoms with van der Waals surface area (Å²) in [7, 11) is 0. The third-order valence-electron chi connectivity index (χ3n) is 12.2. The van der Waals surface area contributed by atoms with Gasteiger partial charge in [0.2, 0.25) is 11.9 Å². The van der Waals surface area contributed by atoms with Crippen molar-refractivity contribution >= 4 is 45.8 Å². The Bertz CT molecular complexity index is 2630. The molecule has 312 valence electrons. The van der Waals surface area contributed by atoms with Gasteiger partial charge in [0, 0.05) is 72.2 Å². The first kappa shape index (κ1) is 39.3. The minimum Gasteiger partial charge on any atom is -0.444 e. The molecule has 60 heavy (non-hydrogen) atoms.